The van der Waals surface area contributed by atoms with Crippen LogP contribution in [0, 0.1) is 12.8 Å². The van der Waals surface area contributed by atoms with E-state index < -0.39 is 6.37 Å². The van der Waals surface area contributed by atoms with Gasteiger partial charge < -0.3 is 19.0 Å². The average Bonchev–Trinajstić information content (AvgIpc) is 1.60. The first-order chi connectivity index (χ1) is 40.7. The molecule has 0 aliphatic carbocycles. The Hall–Kier alpha value is -8.09. The summed E-state index contributed by atoms with van der Waals surface area (Å²) in [6.07, 6.45) is 0.220. The standard InChI is InChI=1S/C79H86N4O2/c1-48(2)34-50-39-71(80-46-49(50)3)83-68-33-32-64-63-24-19-22-29-70(63)85-74(64)72(68)65-31-30-59(45-69(65)83)84-60-43-57(79(16,17)18)42-58(44-60)81-47-82(67-28-21-20-27-66(67)81)73-61(51-35-53(75(4,5)6)40-54(36-51)76(7,8)9)25-23-26-62(73)52-37-55(77(10,11)12)41-56(38-52)78(13,14)15/h19-33,35-46,48H,34,47H2,1-18H3/i34D2. The lowest BCUT2D eigenvalue weighted by molar-refractivity contribution is 0.479. The highest BCUT2D eigenvalue weighted by Crippen LogP contribution is 2.53. The monoisotopic (exact) mass is 1120 g/mol. The third kappa shape index (κ3) is 10.7. The van der Waals surface area contributed by atoms with Gasteiger partial charge in [0.1, 0.15) is 35.2 Å². The number of hydrogen-bond acceptors (Lipinski definition) is 5. The number of furan rings is 1. The van der Waals surface area contributed by atoms with Crippen molar-refractivity contribution in [1.82, 2.24) is 9.55 Å². The molecule has 0 unspecified atom stereocenters. The summed E-state index contributed by atoms with van der Waals surface area (Å²) in [5.74, 6) is 1.75. The van der Waals surface area contributed by atoms with Crippen molar-refractivity contribution in [2.45, 2.75) is 158 Å². The fraction of sp³-hybridized carbons (Fsp3) is 0.329. The second-order valence-electron chi connectivity index (χ2n) is 29.5. The van der Waals surface area contributed by atoms with E-state index in [9.17, 15) is 2.74 Å². The number of aryl methyl sites for hydroxylation is 1. The number of benzene rings is 8. The molecule has 0 fully saturated rings. The van der Waals surface area contributed by atoms with Crippen LogP contribution in [0.25, 0.3) is 71.8 Å². The summed E-state index contributed by atoms with van der Waals surface area (Å²) < 4.78 is 34.6. The number of anilines is 4. The third-order valence-corrected chi connectivity index (χ3v) is 17.3. The average molecular weight is 1130 g/mol. The second kappa shape index (κ2) is 20.6. The lowest BCUT2D eigenvalue weighted by Gasteiger charge is -2.31. The summed E-state index contributed by atoms with van der Waals surface area (Å²) in [5, 5.41) is 4.04. The van der Waals surface area contributed by atoms with Crippen molar-refractivity contribution in [3.8, 4) is 39.6 Å². The van der Waals surface area contributed by atoms with E-state index >= 15 is 0 Å². The lowest BCUT2D eigenvalue weighted by Crippen LogP contribution is -2.25. The van der Waals surface area contributed by atoms with Crippen LogP contribution in [-0.2, 0) is 33.4 Å². The van der Waals surface area contributed by atoms with E-state index in [1.165, 1.54) is 50.2 Å². The van der Waals surface area contributed by atoms with E-state index in [4.69, 9.17) is 14.1 Å². The van der Waals surface area contributed by atoms with E-state index in [-0.39, 0.29) is 33.0 Å². The Bertz CT molecular complexity index is 4360. The minimum atomic E-state index is -1.59. The molecule has 0 amide bonds. The number of nitrogens with zero attached hydrogens (tertiary/aromatic N) is 4. The molecule has 0 radical (unpaired) electrons. The number of ether oxygens (including phenoxy) is 1. The zero-order chi connectivity index (χ0) is 62.2. The van der Waals surface area contributed by atoms with Gasteiger partial charge in [-0.25, -0.2) is 4.98 Å². The minimum absolute atomic E-state index is 0.0772. The van der Waals surface area contributed by atoms with Crippen molar-refractivity contribution in [2.24, 2.45) is 5.92 Å². The number of rotatable bonds is 9. The SMILES string of the molecule is [2H]C([2H])(c1cc(-n2c3cc(Oc4cc(N5CN(c6c(-c7cc(C(C)(C)C)cc(C(C)(C)C)c7)cccc6-c6cc(C(C)(C)C)cc(C(C)(C)C)c6)c6ccccc65)cc(C(C)(C)C)c4)ccc3c3c4oc5ccccc5c4ccc32)ncc1C)C(C)C. The van der Waals surface area contributed by atoms with Crippen LogP contribution in [0.2, 0.25) is 0 Å². The van der Waals surface area contributed by atoms with Crippen LogP contribution in [0.15, 0.2) is 168 Å². The smallest absolute Gasteiger partial charge is 0.145 e. The molecule has 4 heterocycles. The summed E-state index contributed by atoms with van der Waals surface area (Å²) in [7, 11) is 0. The van der Waals surface area contributed by atoms with Crippen LogP contribution in [0.5, 0.6) is 11.5 Å². The van der Waals surface area contributed by atoms with Gasteiger partial charge in [0, 0.05) is 54.0 Å². The quantitative estimate of drug-likeness (QED) is 0.144. The molecule has 0 atom stereocenters. The number of fused-ring (bicyclic) bond motifs is 8. The van der Waals surface area contributed by atoms with Gasteiger partial charge in [-0.2, -0.15) is 0 Å². The van der Waals surface area contributed by atoms with E-state index in [0.717, 1.165) is 77.7 Å². The fourth-order valence-electron chi connectivity index (χ4n) is 12.3. The van der Waals surface area contributed by atoms with E-state index in [0.29, 0.717) is 23.8 Å². The van der Waals surface area contributed by atoms with Crippen LogP contribution in [0.1, 0.15) is 159 Å². The van der Waals surface area contributed by atoms with Gasteiger partial charge in [-0.1, -0.05) is 203 Å². The Morgan fingerprint density at radius 1 is 0.518 bits per heavy atom. The normalized spacial score (nSPS) is 14.1. The largest absolute Gasteiger partial charge is 0.457 e. The molecule has 6 heteroatoms. The highest BCUT2D eigenvalue weighted by Gasteiger charge is 2.34. The predicted octanol–water partition coefficient (Wildman–Crippen LogP) is 22.4. The molecule has 0 saturated carbocycles. The van der Waals surface area contributed by atoms with E-state index in [2.05, 4.69) is 258 Å². The molecule has 85 heavy (non-hydrogen) atoms. The van der Waals surface area contributed by atoms with Gasteiger partial charge in [0.2, 0.25) is 0 Å². The molecular weight excluding hydrogens is 1040 g/mol. The summed E-state index contributed by atoms with van der Waals surface area (Å²) in [5.41, 5.74) is 20.0. The molecule has 0 N–H and O–H groups in total. The first kappa shape index (κ1) is 54.8. The van der Waals surface area contributed by atoms with Crippen molar-refractivity contribution >= 4 is 66.5 Å². The van der Waals surface area contributed by atoms with E-state index in [1.807, 2.05) is 39.0 Å². The maximum atomic E-state index is 9.26. The molecule has 3 aromatic heterocycles. The summed E-state index contributed by atoms with van der Waals surface area (Å²) in [4.78, 5) is 10.1. The zero-order valence-electron chi connectivity index (χ0n) is 55.5. The Labute approximate surface area is 508 Å². The molecule has 12 rings (SSSR count). The Balaban J connectivity index is 1.03. The molecular formula is C79H86N4O2. The summed E-state index contributed by atoms with van der Waals surface area (Å²) in [6.45, 7) is 41.1. The van der Waals surface area contributed by atoms with Gasteiger partial charge >= 0.3 is 0 Å². The molecule has 1 aliphatic heterocycles. The first-order valence-corrected chi connectivity index (χ1v) is 30.5. The number of para-hydroxylation sites is 4. The van der Waals surface area contributed by atoms with Crippen molar-refractivity contribution < 1.29 is 11.9 Å². The third-order valence-electron chi connectivity index (χ3n) is 17.3. The Kier molecular flexibility index (Phi) is 13.3. The van der Waals surface area contributed by atoms with Crippen LogP contribution in [-0.4, -0.2) is 16.2 Å². The second-order valence-corrected chi connectivity index (χ2v) is 29.5. The molecule has 0 spiro atoms. The Morgan fingerprint density at radius 2 is 1.06 bits per heavy atom. The van der Waals surface area contributed by atoms with E-state index in [1.54, 1.807) is 6.20 Å². The predicted molar refractivity (Wildman–Crippen MR) is 362 cm³/mol. The number of hydrogen-bond donors (Lipinski definition) is 0. The van der Waals surface area contributed by atoms with Crippen LogP contribution < -0.4 is 14.5 Å². The van der Waals surface area contributed by atoms with Gasteiger partial charge in [-0.05, 0) is 157 Å². The number of aromatic nitrogens is 2. The molecule has 434 valence electrons. The molecule has 0 saturated heterocycles. The maximum Gasteiger partial charge on any atom is 0.145 e. The van der Waals surface area contributed by atoms with Crippen LogP contribution in [0.4, 0.5) is 22.7 Å². The molecule has 0 bridgehead atoms. The number of pyridine rings is 1. The van der Waals surface area contributed by atoms with Gasteiger partial charge in [0.25, 0.3) is 0 Å². The molecule has 8 aromatic carbocycles. The summed E-state index contributed by atoms with van der Waals surface area (Å²) in [6, 6.07) is 57.9. The first-order valence-electron chi connectivity index (χ1n) is 31.5. The fourth-order valence-corrected chi connectivity index (χ4v) is 12.3. The topological polar surface area (TPSA) is 46.7 Å². The maximum absolute atomic E-state index is 9.26. The van der Waals surface area contributed by atoms with Crippen molar-refractivity contribution in [2.75, 3.05) is 16.5 Å². The summed E-state index contributed by atoms with van der Waals surface area (Å²) >= 11 is 0. The van der Waals surface area contributed by atoms with Crippen molar-refractivity contribution in [3.63, 3.8) is 0 Å². The highest BCUT2D eigenvalue weighted by atomic mass is 16.5. The molecule has 1 aliphatic rings. The Morgan fingerprint density at radius 3 is 1.64 bits per heavy atom. The lowest BCUT2D eigenvalue weighted by atomic mass is 9.77. The van der Waals surface area contributed by atoms with Gasteiger partial charge in [-0.3, -0.25) is 4.57 Å². The molecule has 6 nitrogen and oxygen atoms in total. The van der Waals surface area contributed by atoms with Crippen molar-refractivity contribution in [1.29, 1.82) is 0 Å². The zero-order valence-corrected chi connectivity index (χ0v) is 53.5. The minimum Gasteiger partial charge on any atom is -0.457 e. The molecule has 11 aromatic rings. The van der Waals surface area contributed by atoms with Crippen LogP contribution >= 0.6 is 0 Å². The highest BCUT2D eigenvalue weighted by molar-refractivity contribution is 6.24. The van der Waals surface area contributed by atoms with Gasteiger partial charge in [-0.15, -0.1) is 0 Å². The van der Waals surface area contributed by atoms with Crippen molar-refractivity contribution in [3.05, 3.63) is 203 Å². The van der Waals surface area contributed by atoms with Gasteiger partial charge in [0.15, 0.2) is 0 Å². The van der Waals surface area contributed by atoms with Gasteiger partial charge in [0.05, 0.1) is 33.5 Å². The van der Waals surface area contributed by atoms with Crippen LogP contribution in [0.3, 0.4) is 0 Å².